The number of carboxylic acid groups (broad SMARTS) is 1. The molecule has 0 unspecified atom stereocenters. The second-order valence-corrected chi connectivity index (χ2v) is 6.14. The highest BCUT2D eigenvalue weighted by molar-refractivity contribution is 7.14. The molecule has 0 saturated heterocycles. The van der Waals surface area contributed by atoms with E-state index in [2.05, 4.69) is 5.32 Å². The summed E-state index contributed by atoms with van der Waals surface area (Å²) >= 11 is 1.25. The number of nitrogens with one attached hydrogen (secondary N) is 1. The van der Waals surface area contributed by atoms with Gasteiger partial charge in [0.2, 0.25) is 0 Å². The molecule has 2 aliphatic rings. The van der Waals surface area contributed by atoms with E-state index in [1.165, 1.54) is 30.2 Å². The number of rotatable bonds is 5. The van der Waals surface area contributed by atoms with Crippen molar-refractivity contribution in [2.24, 2.45) is 5.92 Å². The minimum atomic E-state index is -1.00. The lowest BCUT2D eigenvalue weighted by Crippen LogP contribution is -2.38. The van der Waals surface area contributed by atoms with Gasteiger partial charge < -0.3 is 10.0 Å². The molecular formula is C13H16N2O3S. The van der Waals surface area contributed by atoms with Crippen LogP contribution in [0.25, 0.3) is 0 Å². The number of amides is 2. The number of carbonyl (C=O) groups excluding carboxylic acids is 1. The summed E-state index contributed by atoms with van der Waals surface area (Å²) in [5.74, 6) is -0.356. The summed E-state index contributed by atoms with van der Waals surface area (Å²) in [4.78, 5) is 25.1. The minimum absolute atomic E-state index is 0.153. The van der Waals surface area contributed by atoms with Crippen LogP contribution in [0.2, 0.25) is 0 Å². The summed E-state index contributed by atoms with van der Waals surface area (Å²) in [6.07, 6.45) is 4.54. The lowest BCUT2D eigenvalue weighted by Gasteiger charge is -2.22. The zero-order chi connectivity index (χ0) is 13.4. The molecule has 0 spiro atoms. The fourth-order valence-electron chi connectivity index (χ4n) is 2.11. The molecule has 1 aromatic rings. The molecule has 2 amide bonds. The van der Waals surface area contributed by atoms with Crippen LogP contribution < -0.4 is 5.32 Å². The molecule has 2 saturated carbocycles. The Kier molecular flexibility index (Phi) is 3.18. The van der Waals surface area contributed by atoms with Crippen molar-refractivity contribution in [1.29, 1.82) is 0 Å². The van der Waals surface area contributed by atoms with Gasteiger partial charge in [0.15, 0.2) is 0 Å². The molecule has 2 N–H and O–H groups in total. The van der Waals surface area contributed by atoms with Crippen LogP contribution in [0.3, 0.4) is 0 Å². The van der Waals surface area contributed by atoms with Gasteiger partial charge >= 0.3 is 12.0 Å². The average molecular weight is 280 g/mol. The molecule has 0 atom stereocenters. The van der Waals surface area contributed by atoms with Gasteiger partial charge in [-0.25, -0.2) is 9.59 Å². The van der Waals surface area contributed by atoms with E-state index in [1.807, 2.05) is 4.90 Å². The van der Waals surface area contributed by atoms with Crippen molar-refractivity contribution in [3.05, 3.63) is 17.0 Å². The lowest BCUT2D eigenvalue weighted by molar-refractivity contribution is 0.0698. The van der Waals surface area contributed by atoms with Crippen molar-refractivity contribution in [2.45, 2.75) is 31.7 Å². The van der Waals surface area contributed by atoms with E-state index in [0.29, 0.717) is 17.0 Å². The van der Waals surface area contributed by atoms with Crippen LogP contribution in [-0.2, 0) is 0 Å². The SMILES string of the molecule is O=C(O)c1ccsc1NC(=O)N(CC1CC1)C1CC1. The van der Waals surface area contributed by atoms with Gasteiger partial charge in [0, 0.05) is 12.6 Å². The Balaban J connectivity index is 1.68. The van der Waals surface area contributed by atoms with Gasteiger partial charge in [-0.2, -0.15) is 0 Å². The maximum atomic E-state index is 12.3. The highest BCUT2D eigenvalue weighted by atomic mass is 32.1. The quantitative estimate of drug-likeness (QED) is 0.871. The molecule has 6 heteroatoms. The first-order valence-corrected chi connectivity index (χ1v) is 7.41. The monoisotopic (exact) mass is 280 g/mol. The third kappa shape index (κ3) is 2.89. The van der Waals surface area contributed by atoms with Crippen molar-refractivity contribution < 1.29 is 14.7 Å². The van der Waals surface area contributed by atoms with Gasteiger partial charge in [-0.15, -0.1) is 11.3 Å². The standard InChI is InChI=1S/C13H16N2O3S/c16-12(17)10-5-6-19-11(10)14-13(18)15(9-3-4-9)7-8-1-2-8/h5-6,8-9H,1-4,7H2,(H,14,18)(H,16,17). The van der Waals surface area contributed by atoms with Crippen molar-refractivity contribution in [2.75, 3.05) is 11.9 Å². The number of thiophene rings is 1. The van der Waals surface area contributed by atoms with E-state index < -0.39 is 5.97 Å². The first kappa shape index (κ1) is 12.5. The first-order chi connectivity index (χ1) is 9.15. The molecule has 2 fully saturated rings. The molecule has 0 bridgehead atoms. The van der Waals surface area contributed by atoms with Gasteiger partial charge in [-0.1, -0.05) is 0 Å². The van der Waals surface area contributed by atoms with Crippen LogP contribution in [0.15, 0.2) is 11.4 Å². The number of hydrogen-bond donors (Lipinski definition) is 2. The predicted octanol–water partition coefficient (Wildman–Crippen LogP) is 2.85. The Bertz CT molecular complexity index is 506. The molecule has 0 radical (unpaired) electrons. The number of aromatic carboxylic acids is 1. The number of nitrogens with zero attached hydrogens (tertiary/aromatic N) is 1. The third-order valence-electron chi connectivity index (χ3n) is 3.52. The van der Waals surface area contributed by atoms with Gasteiger partial charge in [0.05, 0.1) is 5.56 Å². The van der Waals surface area contributed by atoms with E-state index in [0.717, 1.165) is 19.4 Å². The van der Waals surface area contributed by atoms with Gasteiger partial charge in [-0.05, 0) is 43.0 Å². The van der Waals surface area contributed by atoms with Crippen molar-refractivity contribution >= 4 is 28.3 Å². The van der Waals surface area contributed by atoms with E-state index >= 15 is 0 Å². The molecule has 2 aliphatic carbocycles. The van der Waals surface area contributed by atoms with Crippen LogP contribution in [0, 0.1) is 5.92 Å². The Morgan fingerprint density at radius 2 is 2.11 bits per heavy atom. The summed E-state index contributed by atoms with van der Waals surface area (Å²) in [7, 11) is 0. The molecule has 5 nitrogen and oxygen atoms in total. The van der Waals surface area contributed by atoms with E-state index in [1.54, 1.807) is 5.38 Å². The molecule has 19 heavy (non-hydrogen) atoms. The number of urea groups is 1. The van der Waals surface area contributed by atoms with Crippen LogP contribution in [-0.4, -0.2) is 34.6 Å². The van der Waals surface area contributed by atoms with E-state index in [4.69, 9.17) is 5.11 Å². The summed E-state index contributed by atoms with van der Waals surface area (Å²) < 4.78 is 0. The number of anilines is 1. The van der Waals surface area contributed by atoms with Crippen molar-refractivity contribution in [1.82, 2.24) is 4.90 Å². The summed E-state index contributed by atoms with van der Waals surface area (Å²) in [6, 6.07) is 1.72. The Morgan fingerprint density at radius 1 is 1.37 bits per heavy atom. The maximum Gasteiger partial charge on any atom is 0.338 e. The van der Waals surface area contributed by atoms with E-state index in [-0.39, 0.29) is 11.6 Å². The van der Waals surface area contributed by atoms with Crippen LogP contribution >= 0.6 is 11.3 Å². The zero-order valence-electron chi connectivity index (χ0n) is 10.5. The predicted molar refractivity (Wildman–Crippen MR) is 72.7 cm³/mol. The van der Waals surface area contributed by atoms with Crippen LogP contribution in [0.5, 0.6) is 0 Å². The lowest BCUT2D eigenvalue weighted by atomic mass is 10.3. The molecule has 3 rings (SSSR count). The molecular weight excluding hydrogens is 264 g/mol. The van der Waals surface area contributed by atoms with E-state index in [9.17, 15) is 9.59 Å². The molecule has 1 aromatic heterocycles. The molecule has 1 heterocycles. The van der Waals surface area contributed by atoms with Crippen molar-refractivity contribution in [3.63, 3.8) is 0 Å². The van der Waals surface area contributed by atoms with Gasteiger partial charge in [0.25, 0.3) is 0 Å². The maximum absolute atomic E-state index is 12.3. The number of hydrogen-bond acceptors (Lipinski definition) is 3. The molecule has 0 aliphatic heterocycles. The number of carboxylic acids is 1. The van der Waals surface area contributed by atoms with Gasteiger partial charge in [-0.3, -0.25) is 5.32 Å². The summed E-state index contributed by atoms with van der Waals surface area (Å²) in [5, 5.41) is 13.9. The van der Waals surface area contributed by atoms with Crippen LogP contribution in [0.1, 0.15) is 36.0 Å². The second-order valence-electron chi connectivity index (χ2n) is 5.23. The smallest absolute Gasteiger partial charge is 0.338 e. The largest absolute Gasteiger partial charge is 0.478 e. The normalized spacial score (nSPS) is 18.1. The first-order valence-electron chi connectivity index (χ1n) is 6.53. The summed E-state index contributed by atoms with van der Waals surface area (Å²) in [5.41, 5.74) is 0.167. The Morgan fingerprint density at radius 3 is 2.68 bits per heavy atom. The Labute approximate surface area is 115 Å². The topological polar surface area (TPSA) is 69.6 Å². The third-order valence-corrected chi connectivity index (χ3v) is 4.35. The summed E-state index contributed by atoms with van der Waals surface area (Å²) in [6.45, 7) is 0.810. The van der Waals surface area contributed by atoms with Gasteiger partial charge in [0.1, 0.15) is 5.00 Å². The minimum Gasteiger partial charge on any atom is -0.478 e. The fourth-order valence-corrected chi connectivity index (χ4v) is 2.87. The highest BCUT2D eigenvalue weighted by Crippen LogP contribution is 2.35. The molecule has 102 valence electrons. The fraction of sp³-hybridized carbons (Fsp3) is 0.538. The Hall–Kier alpha value is -1.56. The molecule has 0 aromatic carbocycles. The second kappa shape index (κ2) is 4.85. The number of carbonyl (C=O) groups is 2. The highest BCUT2D eigenvalue weighted by Gasteiger charge is 2.36. The van der Waals surface area contributed by atoms with Crippen molar-refractivity contribution in [3.8, 4) is 0 Å². The zero-order valence-corrected chi connectivity index (χ0v) is 11.3. The van der Waals surface area contributed by atoms with Crippen LogP contribution in [0.4, 0.5) is 9.80 Å². The average Bonchev–Trinajstić information content (AvgIpc) is 3.26.